The van der Waals surface area contributed by atoms with Gasteiger partial charge in [0, 0.05) is 19.6 Å². The molecule has 0 atom stereocenters. The van der Waals surface area contributed by atoms with Crippen molar-refractivity contribution < 1.29 is 9.28 Å². The maximum absolute atomic E-state index is 12.1. The molecule has 0 saturated carbocycles. The van der Waals surface area contributed by atoms with Crippen molar-refractivity contribution in [3.05, 3.63) is 0 Å². The van der Waals surface area contributed by atoms with Gasteiger partial charge in [-0.05, 0) is 6.92 Å². The average molecular weight is 134 g/mol. The first-order valence-corrected chi connectivity index (χ1v) is 2.89. The predicted molar refractivity (Wildman–Crippen MR) is 32.4 cm³/mol. The van der Waals surface area contributed by atoms with Crippen LogP contribution in [0.5, 0.6) is 0 Å². The van der Waals surface area contributed by atoms with Gasteiger partial charge >= 0.3 is 0 Å². The van der Waals surface area contributed by atoms with Gasteiger partial charge in [-0.2, -0.15) is 0 Å². The zero-order chi connectivity index (χ0) is 7.11. The summed E-state index contributed by atoms with van der Waals surface area (Å²) in [6.45, 7) is 2.70. The fraction of sp³-hybridized carbons (Fsp3) is 0.800. The second-order valence-electron chi connectivity index (χ2n) is 1.57. The molecule has 0 fully saturated rings. The van der Waals surface area contributed by atoms with Gasteiger partial charge in [-0.25, -0.2) is 0 Å². The van der Waals surface area contributed by atoms with E-state index >= 15 is 0 Å². The second kappa shape index (κ2) is 5.50. The van der Waals surface area contributed by atoms with Crippen LogP contribution in [0.4, 0.5) is 4.48 Å². The Balaban J connectivity index is 2.96. The quantitative estimate of drug-likeness (QED) is 0.324. The standard InChI is InChI=1S/C5H11FN2O/c1-2-8(6)4-3-7-5-9/h5H,2-4H2,1H3,(H,7,9). The first-order chi connectivity index (χ1) is 4.31. The lowest BCUT2D eigenvalue weighted by Crippen LogP contribution is -2.25. The summed E-state index contributed by atoms with van der Waals surface area (Å²) in [5.74, 6) is 0. The highest BCUT2D eigenvalue weighted by molar-refractivity contribution is 5.45. The normalized spacial score (nSPS) is 9.67. The highest BCUT2D eigenvalue weighted by Gasteiger charge is 1.94. The highest BCUT2D eigenvalue weighted by Crippen LogP contribution is 1.83. The van der Waals surface area contributed by atoms with E-state index in [0.717, 1.165) is 0 Å². The molecule has 4 heteroatoms. The molecule has 9 heavy (non-hydrogen) atoms. The molecule has 0 aliphatic carbocycles. The molecule has 3 nitrogen and oxygen atoms in total. The van der Waals surface area contributed by atoms with Gasteiger partial charge in [-0.15, -0.1) is 9.60 Å². The van der Waals surface area contributed by atoms with Crippen LogP contribution in [0.1, 0.15) is 6.92 Å². The summed E-state index contributed by atoms with van der Waals surface area (Å²) in [7, 11) is 0. The number of carbonyl (C=O) groups excluding carboxylic acids is 1. The minimum atomic E-state index is 0.259. The van der Waals surface area contributed by atoms with Gasteiger partial charge in [-0.1, -0.05) is 0 Å². The molecule has 0 bridgehead atoms. The smallest absolute Gasteiger partial charge is 0.207 e. The molecule has 0 aromatic rings. The molecule has 0 aromatic carbocycles. The third-order valence-corrected chi connectivity index (χ3v) is 0.925. The molecule has 0 unspecified atom stereocenters. The first kappa shape index (κ1) is 8.36. The molecule has 1 N–H and O–H groups in total. The van der Waals surface area contributed by atoms with Crippen LogP contribution in [0, 0.1) is 0 Å². The molecule has 0 saturated heterocycles. The number of nitrogens with one attached hydrogen (secondary N) is 1. The van der Waals surface area contributed by atoms with Crippen LogP contribution in [-0.2, 0) is 4.79 Å². The number of rotatable bonds is 5. The lowest BCUT2D eigenvalue weighted by molar-refractivity contribution is -0.109. The van der Waals surface area contributed by atoms with Gasteiger partial charge in [0.1, 0.15) is 0 Å². The second-order valence-corrected chi connectivity index (χ2v) is 1.57. The summed E-state index contributed by atoms with van der Waals surface area (Å²) in [6.07, 6.45) is 0.559. The summed E-state index contributed by atoms with van der Waals surface area (Å²) >= 11 is 0. The maximum Gasteiger partial charge on any atom is 0.207 e. The SMILES string of the molecule is CCN(F)CCNC=O. The number of nitrogens with zero attached hydrogens (tertiary/aromatic N) is 1. The first-order valence-electron chi connectivity index (χ1n) is 2.89. The molecule has 0 aromatic heterocycles. The largest absolute Gasteiger partial charge is 0.357 e. The minimum absolute atomic E-state index is 0.259. The van der Waals surface area contributed by atoms with E-state index in [9.17, 15) is 9.28 Å². The summed E-state index contributed by atoms with van der Waals surface area (Å²) in [5, 5.41) is 2.99. The number of likely N-dealkylation sites (N-methyl/N-ethyl adjacent to an activating group) is 1. The molecule has 1 amide bonds. The molecule has 0 rings (SSSR count). The molecular weight excluding hydrogens is 123 g/mol. The Morgan fingerprint density at radius 2 is 2.44 bits per heavy atom. The number of hydrogen-bond acceptors (Lipinski definition) is 2. The van der Waals surface area contributed by atoms with E-state index in [2.05, 4.69) is 5.32 Å². The molecule has 0 aliphatic rings. The van der Waals surface area contributed by atoms with Gasteiger partial charge in [-0.3, -0.25) is 4.79 Å². The van der Waals surface area contributed by atoms with Crippen LogP contribution in [0.15, 0.2) is 0 Å². The topological polar surface area (TPSA) is 32.3 Å². The molecule has 54 valence electrons. The Labute approximate surface area is 53.8 Å². The lowest BCUT2D eigenvalue weighted by Gasteiger charge is -2.06. The van der Waals surface area contributed by atoms with Crippen molar-refractivity contribution >= 4 is 6.41 Å². The van der Waals surface area contributed by atoms with Crippen LogP contribution in [0.2, 0.25) is 0 Å². The Bertz CT molecular complexity index is 79.4. The highest BCUT2D eigenvalue weighted by atomic mass is 19.2. The van der Waals surface area contributed by atoms with Crippen LogP contribution in [0.25, 0.3) is 0 Å². The van der Waals surface area contributed by atoms with E-state index in [1.807, 2.05) is 0 Å². The van der Waals surface area contributed by atoms with E-state index < -0.39 is 0 Å². The summed E-state index contributed by atoms with van der Waals surface area (Å²) in [5.41, 5.74) is 0. The molecule has 0 heterocycles. The van der Waals surface area contributed by atoms with E-state index in [4.69, 9.17) is 0 Å². The minimum Gasteiger partial charge on any atom is -0.357 e. The van der Waals surface area contributed by atoms with E-state index in [1.54, 1.807) is 6.92 Å². The molecule has 0 spiro atoms. The number of hydrogen-bond donors (Lipinski definition) is 1. The van der Waals surface area contributed by atoms with Crippen molar-refractivity contribution in [1.82, 2.24) is 10.4 Å². The molecular formula is C5H11FN2O. The van der Waals surface area contributed by atoms with E-state index in [-0.39, 0.29) is 6.54 Å². The van der Waals surface area contributed by atoms with Gasteiger partial charge < -0.3 is 5.32 Å². The fourth-order valence-electron chi connectivity index (χ4n) is 0.403. The number of amides is 1. The zero-order valence-electron chi connectivity index (χ0n) is 5.43. The lowest BCUT2D eigenvalue weighted by atomic mass is 10.6. The Morgan fingerprint density at radius 3 is 2.89 bits per heavy atom. The monoisotopic (exact) mass is 134 g/mol. The zero-order valence-corrected chi connectivity index (χ0v) is 5.43. The average Bonchev–Trinajstić information content (AvgIpc) is 1.89. The number of halogens is 1. The van der Waals surface area contributed by atoms with Gasteiger partial charge in [0.15, 0.2) is 0 Å². The van der Waals surface area contributed by atoms with Crippen LogP contribution in [-0.4, -0.2) is 31.2 Å². The van der Waals surface area contributed by atoms with Crippen molar-refractivity contribution in [3.8, 4) is 0 Å². The maximum atomic E-state index is 12.1. The summed E-state index contributed by atoms with van der Waals surface area (Å²) in [4.78, 5) is 9.62. The Hall–Kier alpha value is -0.640. The summed E-state index contributed by atoms with van der Waals surface area (Å²) < 4.78 is 12.1. The Kier molecular flexibility index (Phi) is 5.11. The van der Waals surface area contributed by atoms with Crippen molar-refractivity contribution in [2.45, 2.75) is 6.92 Å². The van der Waals surface area contributed by atoms with Crippen LogP contribution in [0.3, 0.4) is 0 Å². The van der Waals surface area contributed by atoms with Crippen molar-refractivity contribution in [2.24, 2.45) is 0 Å². The van der Waals surface area contributed by atoms with E-state index in [0.29, 0.717) is 24.6 Å². The Morgan fingerprint density at radius 1 is 1.78 bits per heavy atom. The van der Waals surface area contributed by atoms with Crippen molar-refractivity contribution in [1.29, 1.82) is 0 Å². The predicted octanol–water partition coefficient (Wildman–Crippen LogP) is -0.0612. The number of carbonyl (C=O) groups is 1. The van der Waals surface area contributed by atoms with Gasteiger partial charge in [0.2, 0.25) is 6.41 Å². The summed E-state index contributed by atoms with van der Waals surface area (Å²) in [6, 6.07) is 0. The van der Waals surface area contributed by atoms with Gasteiger partial charge in [0.25, 0.3) is 0 Å². The third kappa shape index (κ3) is 5.23. The van der Waals surface area contributed by atoms with Crippen LogP contribution >= 0.6 is 0 Å². The molecule has 0 radical (unpaired) electrons. The van der Waals surface area contributed by atoms with Crippen LogP contribution < -0.4 is 5.32 Å². The fourth-order valence-corrected chi connectivity index (χ4v) is 0.403. The molecule has 0 aliphatic heterocycles. The third-order valence-electron chi connectivity index (χ3n) is 0.925. The van der Waals surface area contributed by atoms with Crippen molar-refractivity contribution in [2.75, 3.05) is 19.6 Å². The van der Waals surface area contributed by atoms with Crippen molar-refractivity contribution in [3.63, 3.8) is 0 Å². The van der Waals surface area contributed by atoms with E-state index in [1.165, 1.54) is 0 Å². The van der Waals surface area contributed by atoms with Gasteiger partial charge in [0.05, 0.1) is 0 Å².